The molecule has 1 amide bonds. The molecule has 0 fully saturated rings. The molecule has 0 aliphatic heterocycles. The maximum Gasteiger partial charge on any atom is 0.311 e. The Morgan fingerprint density at radius 2 is 1.58 bits per heavy atom. The van der Waals surface area contributed by atoms with Crippen LogP contribution in [-0.4, -0.2) is 35.0 Å². The van der Waals surface area contributed by atoms with E-state index in [1.807, 2.05) is 6.07 Å². The van der Waals surface area contributed by atoms with Gasteiger partial charge in [0.15, 0.2) is 5.78 Å². The fourth-order valence-electron chi connectivity index (χ4n) is 4.46. The molecule has 200 valence electrons. The van der Waals surface area contributed by atoms with Crippen LogP contribution in [0.1, 0.15) is 70.2 Å². The lowest BCUT2D eigenvalue weighted by Gasteiger charge is -2.29. The summed E-state index contributed by atoms with van der Waals surface area (Å²) in [6.45, 7) is 6.42. The van der Waals surface area contributed by atoms with Crippen LogP contribution in [0.5, 0.6) is 5.75 Å². The van der Waals surface area contributed by atoms with Gasteiger partial charge in [0.05, 0.1) is 5.92 Å². The van der Waals surface area contributed by atoms with E-state index in [4.69, 9.17) is 9.47 Å². The average molecular weight is 520 g/mol. The predicted molar refractivity (Wildman–Crippen MR) is 142 cm³/mol. The number of rotatable bonds is 11. The SMILES string of the molecule is CC(=O)OC1(C)C(C)=C(CC(=O)CCCCC(=O)Oc2ccc(NC(=O)c3ccccc3)cc2)C(=O)C1C. The number of Topliss-reactive ketones (excluding diaryl/α,β-unsaturated/α-hetero) is 2. The van der Waals surface area contributed by atoms with Crippen LogP contribution in [0.2, 0.25) is 0 Å². The number of benzene rings is 2. The van der Waals surface area contributed by atoms with Gasteiger partial charge >= 0.3 is 11.9 Å². The van der Waals surface area contributed by atoms with Gasteiger partial charge in [-0.3, -0.25) is 24.0 Å². The van der Waals surface area contributed by atoms with Crippen LogP contribution in [0.25, 0.3) is 0 Å². The van der Waals surface area contributed by atoms with Crippen LogP contribution in [0, 0.1) is 5.92 Å². The molecular formula is C30H33NO7. The smallest absolute Gasteiger partial charge is 0.311 e. The second-order valence-electron chi connectivity index (χ2n) is 9.63. The Hall–Kier alpha value is -4.07. The number of unbranched alkanes of at least 4 members (excludes halogenated alkanes) is 1. The second-order valence-corrected chi connectivity index (χ2v) is 9.63. The zero-order valence-electron chi connectivity index (χ0n) is 22.2. The molecule has 1 aliphatic rings. The number of esters is 2. The number of ether oxygens (including phenoxy) is 2. The monoisotopic (exact) mass is 519 g/mol. The van der Waals surface area contributed by atoms with E-state index in [1.165, 1.54) is 6.92 Å². The summed E-state index contributed by atoms with van der Waals surface area (Å²) in [6, 6.07) is 15.3. The summed E-state index contributed by atoms with van der Waals surface area (Å²) in [6.07, 6.45) is 1.30. The number of nitrogens with one attached hydrogen (secondary N) is 1. The van der Waals surface area contributed by atoms with Gasteiger partial charge in [-0.1, -0.05) is 25.1 Å². The molecule has 0 saturated carbocycles. The summed E-state index contributed by atoms with van der Waals surface area (Å²) in [5, 5.41) is 2.78. The summed E-state index contributed by atoms with van der Waals surface area (Å²) in [4.78, 5) is 61.1. The van der Waals surface area contributed by atoms with Crippen LogP contribution in [-0.2, 0) is 23.9 Å². The van der Waals surface area contributed by atoms with E-state index in [1.54, 1.807) is 69.3 Å². The standard InChI is InChI=1S/C30H33NO7/c1-19-26(28(35)20(2)30(19,4)38-21(3)32)18-24(33)12-8-9-13-27(34)37-25-16-14-23(15-17-25)31-29(36)22-10-6-5-7-11-22/h5-7,10-11,14-17,20H,8-9,12-13,18H2,1-4H3,(H,31,36). The van der Waals surface area contributed by atoms with Crippen LogP contribution in [0.15, 0.2) is 65.7 Å². The highest BCUT2D eigenvalue weighted by atomic mass is 16.6. The largest absolute Gasteiger partial charge is 0.454 e. The van der Waals surface area contributed by atoms with Crippen LogP contribution in [0.4, 0.5) is 5.69 Å². The fourth-order valence-corrected chi connectivity index (χ4v) is 4.46. The van der Waals surface area contributed by atoms with E-state index < -0.39 is 23.5 Å². The van der Waals surface area contributed by atoms with Crippen molar-refractivity contribution >= 4 is 35.1 Å². The van der Waals surface area contributed by atoms with Gasteiger partial charge in [0.1, 0.15) is 17.1 Å². The van der Waals surface area contributed by atoms with E-state index in [9.17, 15) is 24.0 Å². The van der Waals surface area contributed by atoms with Crippen molar-refractivity contribution in [3.63, 3.8) is 0 Å². The van der Waals surface area contributed by atoms with Gasteiger partial charge in [0.25, 0.3) is 5.91 Å². The van der Waals surface area contributed by atoms with E-state index in [-0.39, 0.29) is 36.7 Å². The molecule has 2 aromatic carbocycles. The molecule has 0 saturated heterocycles. The van der Waals surface area contributed by atoms with Gasteiger partial charge < -0.3 is 14.8 Å². The molecule has 2 atom stereocenters. The third kappa shape index (κ3) is 7.03. The lowest BCUT2D eigenvalue weighted by molar-refractivity contribution is -0.156. The molecule has 8 nitrogen and oxygen atoms in total. The maximum atomic E-state index is 12.7. The fraction of sp³-hybridized carbons (Fsp3) is 0.367. The predicted octanol–water partition coefficient (Wildman–Crippen LogP) is 5.22. The highest BCUT2D eigenvalue weighted by molar-refractivity contribution is 6.06. The Balaban J connectivity index is 1.41. The first kappa shape index (κ1) is 28.5. The highest BCUT2D eigenvalue weighted by Gasteiger charge is 2.49. The minimum atomic E-state index is -1.03. The molecule has 1 aliphatic carbocycles. The van der Waals surface area contributed by atoms with E-state index >= 15 is 0 Å². The van der Waals surface area contributed by atoms with Crippen LogP contribution >= 0.6 is 0 Å². The first-order valence-electron chi connectivity index (χ1n) is 12.6. The molecule has 0 radical (unpaired) electrons. The molecule has 3 rings (SSSR count). The number of ketones is 2. The van der Waals surface area contributed by atoms with Gasteiger partial charge in [-0.05, 0) is 68.7 Å². The number of carbonyl (C=O) groups excluding carboxylic acids is 5. The van der Waals surface area contributed by atoms with Crippen molar-refractivity contribution in [3.05, 3.63) is 71.3 Å². The summed E-state index contributed by atoms with van der Waals surface area (Å²) < 4.78 is 10.8. The Labute approximate surface area is 222 Å². The van der Waals surface area contributed by atoms with Crippen molar-refractivity contribution in [1.82, 2.24) is 0 Å². The normalized spacial score (nSPS) is 18.7. The minimum absolute atomic E-state index is 0.0104. The van der Waals surface area contributed by atoms with Gasteiger partial charge in [0, 0.05) is 43.0 Å². The van der Waals surface area contributed by atoms with E-state index in [0.29, 0.717) is 41.0 Å². The molecular weight excluding hydrogens is 486 g/mol. The molecule has 2 aromatic rings. The Kier molecular flexibility index (Phi) is 9.34. The summed E-state index contributed by atoms with van der Waals surface area (Å²) in [5.41, 5.74) is 1.11. The zero-order chi connectivity index (χ0) is 27.9. The quantitative estimate of drug-likeness (QED) is 0.246. The van der Waals surface area contributed by atoms with Crippen molar-refractivity contribution in [1.29, 1.82) is 0 Å². The number of hydrogen-bond donors (Lipinski definition) is 1. The van der Waals surface area contributed by atoms with Gasteiger partial charge in [-0.15, -0.1) is 0 Å². The Bertz CT molecular complexity index is 1250. The van der Waals surface area contributed by atoms with E-state index in [2.05, 4.69) is 5.32 Å². The average Bonchev–Trinajstić information content (AvgIpc) is 3.03. The van der Waals surface area contributed by atoms with Crippen molar-refractivity contribution in [3.8, 4) is 5.75 Å². The van der Waals surface area contributed by atoms with Gasteiger partial charge in [0.2, 0.25) is 0 Å². The maximum absolute atomic E-state index is 12.7. The molecule has 1 N–H and O–H groups in total. The molecule has 38 heavy (non-hydrogen) atoms. The van der Waals surface area contributed by atoms with Gasteiger partial charge in [-0.2, -0.15) is 0 Å². The minimum Gasteiger partial charge on any atom is -0.454 e. The molecule has 8 heteroatoms. The summed E-state index contributed by atoms with van der Waals surface area (Å²) in [5.74, 6) is -1.59. The third-order valence-corrected chi connectivity index (χ3v) is 6.91. The Morgan fingerprint density at radius 1 is 0.947 bits per heavy atom. The topological polar surface area (TPSA) is 116 Å². The van der Waals surface area contributed by atoms with Crippen LogP contribution in [0.3, 0.4) is 0 Å². The molecule has 0 spiro atoms. The zero-order valence-corrected chi connectivity index (χ0v) is 22.2. The van der Waals surface area contributed by atoms with Gasteiger partial charge in [-0.25, -0.2) is 0 Å². The summed E-state index contributed by atoms with van der Waals surface area (Å²) in [7, 11) is 0. The van der Waals surface area contributed by atoms with Crippen LogP contribution < -0.4 is 10.1 Å². The van der Waals surface area contributed by atoms with Crippen molar-refractivity contribution < 1.29 is 33.4 Å². The van der Waals surface area contributed by atoms with Crippen molar-refractivity contribution in [2.45, 2.75) is 65.4 Å². The molecule has 0 aromatic heterocycles. The number of allylic oxidation sites excluding steroid dienone is 1. The number of carbonyl (C=O) groups is 5. The second kappa shape index (κ2) is 12.4. The molecule has 0 bridgehead atoms. The Morgan fingerprint density at radius 3 is 2.21 bits per heavy atom. The molecule has 2 unspecified atom stereocenters. The first-order valence-corrected chi connectivity index (χ1v) is 12.6. The molecule has 0 heterocycles. The third-order valence-electron chi connectivity index (χ3n) is 6.91. The number of hydrogen-bond acceptors (Lipinski definition) is 7. The summed E-state index contributed by atoms with van der Waals surface area (Å²) >= 11 is 0. The highest BCUT2D eigenvalue weighted by Crippen LogP contribution is 2.42. The van der Waals surface area contributed by atoms with Crippen molar-refractivity contribution in [2.24, 2.45) is 5.92 Å². The lowest BCUT2D eigenvalue weighted by atomic mass is 9.89. The van der Waals surface area contributed by atoms with Crippen molar-refractivity contribution in [2.75, 3.05) is 5.32 Å². The first-order chi connectivity index (χ1) is 18.0. The number of amides is 1. The number of anilines is 1. The lowest BCUT2D eigenvalue weighted by Crippen LogP contribution is -2.38. The van der Waals surface area contributed by atoms with E-state index in [0.717, 1.165) is 0 Å².